The monoisotopic (exact) mass is 235 g/mol. The molecular formula is C14H21NO2. The Kier molecular flexibility index (Phi) is 4.40. The Hall–Kier alpha value is -1.06. The first kappa shape index (κ1) is 12.4. The van der Waals surface area contributed by atoms with E-state index >= 15 is 0 Å². The van der Waals surface area contributed by atoms with Crippen LogP contribution in [-0.2, 0) is 11.3 Å². The molecule has 0 bridgehead atoms. The number of benzene rings is 1. The summed E-state index contributed by atoms with van der Waals surface area (Å²) >= 11 is 0. The van der Waals surface area contributed by atoms with Crippen LogP contribution < -0.4 is 10.1 Å². The van der Waals surface area contributed by atoms with Crippen LogP contribution in [0.15, 0.2) is 24.3 Å². The van der Waals surface area contributed by atoms with Crippen LogP contribution in [0.5, 0.6) is 5.75 Å². The maximum atomic E-state index is 5.77. The van der Waals surface area contributed by atoms with E-state index in [-0.39, 0.29) is 6.10 Å². The molecule has 1 fully saturated rings. The Balaban J connectivity index is 1.85. The zero-order chi connectivity index (χ0) is 12.1. The molecule has 0 heterocycles. The smallest absolute Gasteiger partial charge is 0.120 e. The van der Waals surface area contributed by atoms with Crippen molar-refractivity contribution in [3.63, 3.8) is 0 Å². The number of hydrogen-bond acceptors (Lipinski definition) is 3. The lowest BCUT2D eigenvalue weighted by Crippen LogP contribution is -2.18. The predicted octanol–water partition coefficient (Wildman–Crippen LogP) is 2.35. The molecule has 2 rings (SSSR count). The first-order valence-corrected chi connectivity index (χ1v) is 6.26. The summed E-state index contributed by atoms with van der Waals surface area (Å²) < 4.78 is 10.8. The SMILES string of the molecule is COCC(C)Oc1cccc(CNC2CC2)c1. The summed E-state index contributed by atoms with van der Waals surface area (Å²) in [4.78, 5) is 0. The summed E-state index contributed by atoms with van der Waals surface area (Å²) in [6, 6.07) is 9.00. The molecule has 0 saturated heterocycles. The Morgan fingerprint density at radius 1 is 1.41 bits per heavy atom. The van der Waals surface area contributed by atoms with Gasteiger partial charge in [0, 0.05) is 19.7 Å². The van der Waals surface area contributed by atoms with E-state index in [1.54, 1.807) is 7.11 Å². The second kappa shape index (κ2) is 6.03. The Labute approximate surface area is 103 Å². The van der Waals surface area contributed by atoms with E-state index in [4.69, 9.17) is 9.47 Å². The van der Waals surface area contributed by atoms with Crippen molar-refractivity contribution in [1.29, 1.82) is 0 Å². The fraction of sp³-hybridized carbons (Fsp3) is 0.571. The van der Waals surface area contributed by atoms with Gasteiger partial charge in [-0.05, 0) is 37.5 Å². The molecule has 0 aliphatic heterocycles. The van der Waals surface area contributed by atoms with Crippen molar-refractivity contribution < 1.29 is 9.47 Å². The minimum Gasteiger partial charge on any atom is -0.488 e. The molecule has 1 aromatic rings. The van der Waals surface area contributed by atoms with Gasteiger partial charge in [0.25, 0.3) is 0 Å². The van der Waals surface area contributed by atoms with Crippen LogP contribution in [0.4, 0.5) is 0 Å². The van der Waals surface area contributed by atoms with E-state index in [1.807, 2.05) is 19.1 Å². The van der Waals surface area contributed by atoms with Crippen molar-refractivity contribution in [3.8, 4) is 5.75 Å². The fourth-order valence-electron chi connectivity index (χ4n) is 1.78. The van der Waals surface area contributed by atoms with E-state index in [9.17, 15) is 0 Å². The summed E-state index contributed by atoms with van der Waals surface area (Å²) in [5.74, 6) is 0.921. The van der Waals surface area contributed by atoms with E-state index < -0.39 is 0 Å². The molecule has 1 aliphatic carbocycles. The molecule has 0 aromatic heterocycles. The molecule has 1 aliphatic rings. The molecule has 94 valence electrons. The van der Waals surface area contributed by atoms with E-state index in [0.29, 0.717) is 6.61 Å². The van der Waals surface area contributed by atoms with Gasteiger partial charge in [0.15, 0.2) is 0 Å². The van der Waals surface area contributed by atoms with Gasteiger partial charge < -0.3 is 14.8 Å². The highest BCUT2D eigenvalue weighted by molar-refractivity contribution is 5.28. The zero-order valence-corrected chi connectivity index (χ0v) is 10.6. The first-order chi connectivity index (χ1) is 8.28. The summed E-state index contributed by atoms with van der Waals surface area (Å²) in [5.41, 5.74) is 1.28. The van der Waals surface area contributed by atoms with Gasteiger partial charge >= 0.3 is 0 Å². The molecule has 3 heteroatoms. The predicted molar refractivity (Wildman–Crippen MR) is 68.3 cm³/mol. The maximum Gasteiger partial charge on any atom is 0.120 e. The van der Waals surface area contributed by atoms with Crippen molar-refractivity contribution in [1.82, 2.24) is 5.32 Å². The van der Waals surface area contributed by atoms with Crippen LogP contribution in [0, 0.1) is 0 Å². The highest BCUT2D eigenvalue weighted by atomic mass is 16.5. The summed E-state index contributed by atoms with van der Waals surface area (Å²) in [6.07, 6.45) is 2.73. The maximum absolute atomic E-state index is 5.77. The largest absolute Gasteiger partial charge is 0.488 e. The quantitative estimate of drug-likeness (QED) is 0.787. The van der Waals surface area contributed by atoms with Crippen molar-refractivity contribution in [3.05, 3.63) is 29.8 Å². The van der Waals surface area contributed by atoms with Crippen LogP contribution in [0.3, 0.4) is 0 Å². The number of hydrogen-bond donors (Lipinski definition) is 1. The van der Waals surface area contributed by atoms with Crippen LogP contribution in [0.25, 0.3) is 0 Å². The topological polar surface area (TPSA) is 30.5 Å². The fourth-order valence-corrected chi connectivity index (χ4v) is 1.78. The highest BCUT2D eigenvalue weighted by Gasteiger charge is 2.19. The van der Waals surface area contributed by atoms with Gasteiger partial charge in [0.1, 0.15) is 11.9 Å². The van der Waals surface area contributed by atoms with Crippen LogP contribution in [0.1, 0.15) is 25.3 Å². The Morgan fingerprint density at radius 3 is 2.94 bits per heavy atom. The van der Waals surface area contributed by atoms with Gasteiger partial charge in [-0.15, -0.1) is 0 Å². The van der Waals surface area contributed by atoms with Gasteiger partial charge in [0.05, 0.1) is 6.61 Å². The number of rotatable bonds is 7. The molecule has 1 unspecified atom stereocenters. The van der Waals surface area contributed by atoms with E-state index in [2.05, 4.69) is 17.4 Å². The average Bonchev–Trinajstić information content (AvgIpc) is 3.11. The molecule has 0 radical (unpaired) electrons. The van der Waals surface area contributed by atoms with Crippen molar-refractivity contribution >= 4 is 0 Å². The normalized spacial score (nSPS) is 16.8. The molecule has 1 aromatic carbocycles. The number of methoxy groups -OCH3 is 1. The summed E-state index contributed by atoms with van der Waals surface area (Å²) in [7, 11) is 1.69. The molecule has 1 atom stereocenters. The third kappa shape index (κ3) is 4.36. The third-order valence-corrected chi connectivity index (χ3v) is 2.81. The summed E-state index contributed by atoms with van der Waals surface area (Å²) in [6.45, 7) is 3.56. The molecule has 0 spiro atoms. The lowest BCUT2D eigenvalue weighted by molar-refractivity contribution is 0.0920. The standard InChI is InChI=1S/C14H21NO2/c1-11(10-16-2)17-14-5-3-4-12(8-14)9-15-13-6-7-13/h3-5,8,11,13,15H,6-7,9-10H2,1-2H3. The lowest BCUT2D eigenvalue weighted by Gasteiger charge is -2.14. The van der Waals surface area contributed by atoms with Gasteiger partial charge in [0.2, 0.25) is 0 Å². The van der Waals surface area contributed by atoms with E-state index in [1.165, 1.54) is 18.4 Å². The molecule has 17 heavy (non-hydrogen) atoms. The molecule has 0 amide bonds. The molecule has 1 N–H and O–H groups in total. The second-order valence-corrected chi connectivity index (χ2v) is 4.69. The Morgan fingerprint density at radius 2 is 2.24 bits per heavy atom. The lowest BCUT2D eigenvalue weighted by atomic mass is 10.2. The van der Waals surface area contributed by atoms with Gasteiger partial charge in [-0.3, -0.25) is 0 Å². The minimum atomic E-state index is 0.0895. The molecule has 3 nitrogen and oxygen atoms in total. The first-order valence-electron chi connectivity index (χ1n) is 6.26. The number of ether oxygens (including phenoxy) is 2. The van der Waals surface area contributed by atoms with Gasteiger partial charge in [-0.25, -0.2) is 0 Å². The third-order valence-electron chi connectivity index (χ3n) is 2.81. The minimum absolute atomic E-state index is 0.0895. The molecular weight excluding hydrogens is 214 g/mol. The van der Waals surface area contributed by atoms with Crippen LogP contribution in [-0.4, -0.2) is 25.9 Å². The number of nitrogens with one attached hydrogen (secondary N) is 1. The highest BCUT2D eigenvalue weighted by Crippen LogP contribution is 2.20. The van der Waals surface area contributed by atoms with Crippen LogP contribution >= 0.6 is 0 Å². The Bertz CT molecular complexity index is 350. The average molecular weight is 235 g/mol. The van der Waals surface area contributed by atoms with Crippen molar-refractivity contribution in [2.24, 2.45) is 0 Å². The second-order valence-electron chi connectivity index (χ2n) is 4.69. The zero-order valence-electron chi connectivity index (χ0n) is 10.6. The summed E-state index contributed by atoms with van der Waals surface area (Å²) in [5, 5.41) is 3.50. The van der Waals surface area contributed by atoms with Gasteiger partial charge in [-0.1, -0.05) is 12.1 Å². The van der Waals surface area contributed by atoms with Crippen LogP contribution in [0.2, 0.25) is 0 Å². The van der Waals surface area contributed by atoms with Crippen molar-refractivity contribution in [2.45, 2.75) is 38.5 Å². The van der Waals surface area contributed by atoms with Crippen molar-refractivity contribution in [2.75, 3.05) is 13.7 Å². The molecule has 1 saturated carbocycles. The van der Waals surface area contributed by atoms with E-state index in [0.717, 1.165) is 18.3 Å². The van der Waals surface area contributed by atoms with Gasteiger partial charge in [-0.2, -0.15) is 0 Å².